The van der Waals surface area contributed by atoms with Crippen molar-refractivity contribution in [1.29, 1.82) is 0 Å². The zero-order chi connectivity index (χ0) is 24.5. The second kappa shape index (κ2) is 9.98. The predicted molar refractivity (Wildman–Crippen MR) is 138 cm³/mol. The number of likely N-dealkylation sites (tertiary alicyclic amines) is 1. The van der Waals surface area contributed by atoms with Gasteiger partial charge in [-0.05, 0) is 42.8 Å². The summed E-state index contributed by atoms with van der Waals surface area (Å²) >= 11 is 1.70. The Bertz CT molecular complexity index is 1210. The van der Waals surface area contributed by atoms with Crippen LogP contribution < -0.4 is 10.2 Å². The van der Waals surface area contributed by atoms with Crippen LogP contribution in [-0.4, -0.2) is 42.8 Å². The molecular weight excluding hydrogens is 474 g/mol. The van der Waals surface area contributed by atoms with Crippen LogP contribution in [0.15, 0.2) is 46.3 Å². The first-order chi connectivity index (χ1) is 17.6. The van der Waals surface area contributed by atoms with Gasteiger partial charge in [-0.15, -0.1) is 11.3 Å². The van der Waals surface area contributed by atoms with Gasteiger partial charge in [0.25, 0.3) is 5.91 Å². The second-order valence-electron chi connectivity index (χ2n) is 10.8. The van der Waals surface area contributed by atoms with Gasteiger partial charge in [0, 0.05) is 23.1 Å². The third-order valence-corrected chi connectivity index (χ3v) is 9.72. The molecule has 36 heavy (non-hydrogen) atoms. The summed E-state index contributed by atoms with van der Waals surface area (Å²) in [6, 6.07) is 11.7. The van der Waals surface area contributed by atoms with E-state index < -0.39 is 5.41 Å². The van der Waals surface area contributed by atoms with Gasteiger partial charge in [-0.1, -0.05) is 49.0 Å². The highest BCUT2D eigenvalue weighted by Crippen LogP contribution is 2.45. The van der Waals surface area contributed by atoms with Crippen LogP contribution in [0.2, 0.25) is 0 Å². The molecule has 2 aromatic heterocycles. The fourth-order valence-electron chi connectivity index (χ4n) is 6.62. The van der Waals surface area contributed by atoms with Crippen molar-refractivity contribution < 1.29 is 23.7 Å². The first kappa shape index (κ1) is 23.7. The van der Waals surface area contributed by atoms with E-state index in [0.29, 0.717) is 29.8 Å². The van der Waals surface area contributed by atoms with Crippen LogP contribution in [0.4, 0.5) is 5.82 Å². The molecule has 2 unspecified atom stereocenters. The number of piperidine rings is 1. The van der Waals surface area contributed by atoms with E-state index in [2.05, 4.69) is 28.0 Å². The van der Waals surface area contributed by atoms with Crippen LogP contribution in [-0.2, 0) is 19.7 Å². The molecule has 2 saturated carbocycles. The van der Waals surface area contributed by atoms with E-state index in [9.17, 15) is 9.59 Å². The molecule has 0 bridgehead atoms. The van der Waals surface area contributed by atoms with E-state index in [1.165, 1.54) is 22.6 Å². The lowest BCUT2D eigenvalue weighted by Gasteiger charge is -2.48. The lowest BCUT2D eigenvalue weighted by molar-refractivity contribution is -0.904. The van der Waals surface area contributed by atoms with Crippen molar-refractivity contribution in [3.63, 3.8) is 0 Å². The maximum absolute atomic E-state index is 13.6. The van der Waals surface area contributed by atoms with Crippen molar-refractivity contribution in [2.45, 2.75) is 62.9 Å². The summed E-state index contributed by atoms with van der Waals surface area (Å²) < 4.78 is 11.6. The number of nitrogens with zero attached hydrogens (tertiary/aromatic N) is 1. The average molecular weight is 509 g/mol. The smallest absolute Gasteiger partial charge is 0.317 e. The highest BCUT2D eigenvalue weighted by Gasteiger charge is 2.51. The molecular formula is C28H34N3O4S+. The number of amides is 1. The number of nitrogens with one attached hydrogen (secondary N) is 2. The molecule has 1 aliphatic heterocycles. The molecule has 4 atom stereocenters. The summed E-state index contributed by atoms with van der Waals surface area (Å²) in [5.41, 5.74) is 0.214. The van der Waals surface area contributed by atoms with Crippen LogP contribution in [0.5, 0.6) is 0 Å². The van der Waals surface area contributed by atoms with E-state index >= 15 is 0 Å². The third-order valence-electron chi connectivity index (χ3n) is 8.65. The van der Waals surface area contributed by atoms with Crippen LogP contribution >= 0.6 is 11.3 Å². The number of benzene rings is 1. The molecule has 1 saturated heterocycles. The largest absolute Gasteiger partial charge is 0.461 e. The second-order valence-corrected chi connectivity index (χ2v) is 11.8. The van der Waals surface area contributed by atoms with E-state index in [1.807, 2.05) is 24.3 Å². The van der Waals surface area contributed by atoms with Gasteiger partial charge < -0.3 is 19.5 Å². The SMILES string of the molecule is O=C(C[NH+]1CC[C@H]2C(C[C@@H]2OC(=O)C2(c3cccs3)CCCCCC2)C1)Nc1noc2ccccc12. The number of para-hydroxylation sites is 1. The number of carbonyl (C=O) groups excluding carboxylic acids is 2. The molecule has 0 spiro atoms. The molecule has 1 aromatic carbocycles. The third kappa shape index (κ3) is 4.45. The highest BCUT2D eigenvalue weighted by atomic mass is 32.1. The molecule has 0 radical (unpaired) electrons. The fourth-order valence-corrected chi connectivity index (χ4v) is 7.59. The zero-order valence-corrected chi connectivity index (χ0v) is 21.4. The monoisotopic (exact) mass is 508 g/mol. The topological polar surface area (TPSA) is 85.9 Å². The molecule has 8 heteroatoms. The Morgan fingerprint density at radius 2 is 1.97 bits per heavy atom. The lowest BCUT2D eigenvalue weighted by Crippen LogP contribution is -3.15. The molecule has 6 rings (SSSR count). The average Bonchev–Trinajstić information content (AvgIpc) is 3.48. The van der Waals surface area contributed by atoms with E-state index in [0.717, 1.165) is 57.0 Å². The van der Waals surface area contributed by atoms with Gasteiger partial charge in [-0.25, -0.2) is 0 Å². The summed E-state index contributed by atoms with van der Waals surface area (Å²) in [5, 5.41) is 9.82. The van der Waals surface area contributed by atoms with Crippen LogP contribution in [0.25, 0.3) is 11.0 Å². The summed E-state index contributed by atoms with van der Waals surface area (Å²) in [6.07, 6.45) is 8.32. The Morgan fingerprint density at radius 1 is 1.14 bits per heavy atom. The van der Waals surface area contributed by atoms with Crippen LogP contribution in [0.3, 0.4) is 0 Å². The minimum absolute atomic E-state index is 0.00397. The molecule has 2 aliphatic carbocycles. The van der Waals surface area contributed by atoms with Crippen molar-refractivity contribution in [1.82, 2.24) is 5.16 Å². The van der Waals surface area contributed by atoms with Gasteiger partial charge >= 0.3 is 5.97 Å². The van der Waals surface area contributed by atoms with Crippen molar-refractivity contribution in [3.8, 4) is 0 Å². The number of fused-ring (bicyclic) bond motifs is 2. The minimum Gasteiger partial charge on any atom is -0.461 e. The quantitative estimate of drug-likeness (QED) is 0.389. The van der Waals surface area contributed by atoms with E-state index in [1.54, 1.807) is 11.3 Å². The summed E-state index contributed by atoms with van der Waals surface area (Å²) in [4.78, 5) is 28.8. The van der Waals surface area contributed by atoms with Gasteiger partial charge in [-0.2, -0.15) is 0 Å². The number of quaternary nitrogens is 1. The summed E-state index contributed by atoms with van der Waals surface area (Å²) in [5.74, 6) is 1.38. The molecule has 190 valence electrons. The number of esters is 1. The molecule has 1 amide bonds. The lowest BCUT2D eigenvalue weighted by atomic mass is 9.67. The molecule has 3 heterocycles. The molecule has 2 N–H and O–H groups in total. The summed E-state index contributed by atoms with van der Waals surface area (Å²) in [7, 11) is 0. The first-order valence-corrected chi connectivity index (χ1v) is 14.2. The molecule has 3 aliphatic rings. The van der Waals surface area contributed by atoms with Crippen molar-refractivity contribution in [2.24, 2.45) is 11.8 Å². The van der Waals surface area contributed by atoms with Gasteiger partial charge in [0.15, 0.2) is 17.9 Å². The summed E-state index contributed by atoms with van der Waals surface area (Å²) in [6.45, 7) is 2.27. The Hall–Kier alpha value is -2.71. The number of hydrogen-bond acceptors (Lipinski definition) is 6. The number of hydrogen-bond donors (Lipinski definition) is 2. The predicted octanol–water partition coefficient (Wildman–Crippen LogP) is 3.96. The Morgan fingerprint density at radius 3 is 2.75 bits per heavy atom. The maximum atomic E-state index is 13.6. The van der Waals surface area contributed by atoms with Crippen molar-refractivity contribution in [3.05, 3.63) is 46.7 Å². The molecule has 7 nitrogen and oxygen atoms in total. The van der Waals surface area contributed by atoms with Gasteiger partial charge in [0.1, 0.15) is 11.5 Å². The van der Waals surface area contributed by atoms with E-state index in [-0.39, 0.29) is 18.0 Å². The Balaban J connectivity index is 1.03. The minimum atomic E-state index is -0.453. The maximum Gasteiger partial charge on any atom is 0.317 e. The zero-order valence-electron chi connectivity index (χ0n) is 20.5. The van der Waals surface area contributed by atoms with Crippen LogP contribution in [0, 0.1) is 11.8 Å². The van der Waals surface area contributed by atoms with Crippen molar-refractivity contribution >= 4 is 40.0 Å². The standard InChI is InChI=1S/C28H33N3O4S/c32-25(29-26-21-8-3-4-9-22(21)35-30-26)18-31-14-11-20-19(17-31)16-23(20)34-27(33)28(24-10-7-15-36-24)12-5-1-2-6-13-28/h3-4,7-10,15,19-20,23H,1-2,5-6,11-14,16-18H2,(H,29,30,32)/p+1/t19?,20-,23-/m0/s1. The van der Waals surface area contributed by atoms with E-state index in [4.69, 9.17) is 9.26 Å². The fraction of sp³-hybridized carbons (Fsp3) is 0.536. The van der Waals surface area contributed by atoms with Crippen molar-refractivity contribution in [2.75, 3.05) is 25.0 Å². The Kier molecular flexibility index (Phi) is 6.56. The number of carbonyl (C=O) groups is 2. The first-order valence-electron chi connectivity index (χ1n) is 13.4. The number of thiophene rings is 1. The number of aromatic nitrogens is 1. The highest BCUT2D eigenvalue weighted by molar-refractivity contribution is 7.10. The van der Waals surface area contributed by atoms with Gasteiger partial charge in [0.2, 0.25) is 0 Å². The Labute approximate surface area is 215 Å². The normalized spacial score (nSPS) is 27.4. The molecule has 3 aromatic rings. The number of ether oxygens (including phenoxy) is 1. The number of rotatable bonds is 6. The number of anilines is 1. The van der Waals surface area contributed by atoms with Gasteiger partial charge in [-0.3, -0.25) is 9.59 Å². The van der Waals surface area contributed by atoms with Crippen LogP contribution in [0.1, 0.15) is 56.2 Å². The molecule has 3 fully saturated rings. The van der Waals surface area contributed by atoms with Gasteiger partial charge in [0.05, 0.1) is 18.5 Å².